The summed E-state index contributed by atoms with van der Waals surface area (Å²) >= 11 is 1.68. The van der Waals surface area contributed by atoms with Crippen molar-refractivity contribution in [1.29, 1.82) is 0 Å². The van der Waals surface area contributed by atoms with Crippen molar-refractivity contribution < 1.29 is 24.6 Å². The van der Waals surface area contributed by atoms with E-state index in [1.807, 2.05) is 19.9 Å². The maximum Gasteiger partial charge on any atom is 0.320 e. The van der Waals surface area contributed by atoms with Gasteiger partial charge in [0.2, 0.25) is 0 Å². The first-order valence-electron chi connectivity index (χ1n) is 11.5. The molecule has 3 atom stereocenters. The average molecular weight is 460 g/mol. The Balaban J connectivity index is 1.39. The number of carbonyl (C=O) groups excluding carboxylic acids is 2. The predicted octanol–water partition coefficient (Wildman–Crippen LogP) is 3.16. The molecular weight excluding hydrogens is 426 g/mol. The van der Waals surface area contributed by atoms with Crippen molar-refractivity contribution in [2.24, 2.45) is 11.3 Å². The van der Waals surface area contributed by atoms with Crippen molar-refractivity contribution in [3.63, 3.8) is 0 Å². The molecule has 3 aliphatic carbocycles. The van der Waals surface area contributed by atoms with Crippen LogP contribution in [0.2, 0.25) is 0 Å². The molecule has 0 aromatic heterocycles. The Morgan fingerprint density at radius 1 is 1.31 bits per heavy atom. The molecule has 1 heterocycles. The number of carboxylic acids is 1. The summed E-state index contributed by atoms with van der Waals surface area (Å²) in [5.41, 5.74) is 3.22. The van der Waals surface area contributed by atoms with Gasteiger partial charge in [0.05, 0.1) is 6.54 Å². The highest BCUT2D eigenvalue weighted by atomic mass is 32.2. The van der Waals surface area contributed by atoms with E-state index in [-0.39, 0.29) is 24.0 Å². The first-order valence-corrected chi connectivity index (χ1v) is 12.6. The fraction of sp³-hybridized carbons (Fsp3) is 0.640. The molecule has 1 saturated heterocycles. The first kappa shape index (κ1) is 23.5. The summed E-state index contributed by atoms with van der Waals surface area (Å²) in [6, 6.07) is -0.541. The molecule has 0 bridgehead atoms. The monoisotopic (exact) mass is 459 g/mol. The van der Waals surface area contributed by atoms with Crippen LogP contribution in [0.15, 0.2) is 33.9 Å². The second kappa shape index (κ2) is 8.26. The summed E-state index contributed by atoms with van der Waals surface area (Å²) < 4.78 is 0. The van der Waals surface area contributed by atoms with E-state index < -0.39 is 23.0 Å². The van der Waals surface area contributed by atoms with Crippen LogP contribution in [-0.2, 0) is 14.4 Å². The van der Waals surface area contributed by atoms with Crippen molar-refractivity contribution in [3.05, 3.63) is 33.9 Å². The zero-order valence-electron chi connectivity index (χ0n) is 19.4. The second-order valence-electron chi connectivity index (χ2n) is 10.1. The minimum atomic E-state index is -1.33. The lowest BCUT2D eigenvalue weighted by molar-refractivity contribution is -0.142. The fourth-order valence-electron chi connectivity index (χ4n) is 5.68. The van der Waals surface area contributed by atoms with Gasteiger partial charge in [0.25, 0.3) is 0 Å². The van der Waals surface area contributed by atoms with E-state index in [0.29, 0.717) is 30.0 Å². The van der Waals surface area contributed by atoms with Crippen molar-refractivity contribution in [3.8, 4) is 0 Å². The molecule has 1 saturated carbocycles. The van der Waals surface area contributed by atoms with E-state index in [4.69, 9.17) is 0 Å². The smallest absolute Gasteiger partial charge is 0.320 e. The van der Waals surface area contributed by atoms with Crippen molar-refractivity contribution >= 4 is 29.3 Å². The zero-order chi connectivity index (χ0) is 23.4. The molecule has 4 rings (SSSR count). The third-order valence-electron chi connectivity index (χ3n) is 8.04. The topological polar surface area (TPSA) is 94.9 Å². The van der Waals surface area contributed by atoms with Crippen LogP contribution in [0.25, 0.3) is 0 Å². The van der Waals surface area contributed by atoms with Gasteiger partial charge < -0.3 is 10.2 Å². The van der Waals surface area contributed by atoms with Crippen LogP contribution in [0, 0.1) is 11.3 Å². The van der Waals surface area contributed by atoms with Gasteiger partial charge in [0, 0.05) is 28.4 Å². The predicted molar refractivity (Wildman–Crippen MR) is 125 cm³/mol. The fourth-order valence-corrected chi connectivity index (χ4v) is 6.91. The van der Waals surface area contributed by atoms with Crippen LogP contribution in [0.1, 0.15) is 53.4 Å². The number of thioether (sulfide) groups is 1. The van der Waals surface area contributed by atoms with Gasteiger partial charge in [0.15, 0.2) is 5.78 Å². The lowest BCUT2D eigenvalue weighted by atomic mass is 9.67. The number of likely N-dealkylation sites (tertiary alicyclic amines) is 1. The number of aliphatic carboxylic acids is 1. The van der Waals surface area contributed by atoms with Crippen LogP contribution in [0.4, 0.5) is 0 Å². The molecule has 0 aromatic rings. The van der Waals surface area contributed by atoms with E-state index in [1.165, 1.54) is 0 Å². The van der Waals surface area contributed by atoms with Gasteiger partial charge in [-0.1, -0.05) is 12.5 Å². The highest BCUT2D eigenvalue weighted by molar-refractivity contribution is 7.99. The number of carboxylic acid groups (broad SMARTS) is 1. The van der Waals surface area contributed by atoms with Crippen LogP contribution in [0.3, 0.4) is 0 Å². The summed E-state index contributed by atoms with van der Waals surface area (Å²) in [5, 5.41) is 20.3. The largest absolute Gasteiger partial charge is 0.480 e. The van der Waals surface area contributed by atoms with Crippen LogP contribution in [-0.4, -0.2) is 68.9 Å². The Morgan fingerprint density at radius 3 is 2.62 bits per heavy atom. The Labute approximate surface area is 193 Å². The van der Waals surface area contributed by atoms with Crippen molar-refractivity contribution in [2.75, 3.05) is 24.6 Å². The number of ketones is 2. The number of fused-ring (bicyclic) bond motifs is 1. The molecule has 4 aliphatic rings. The van der Waals surface area contributed by atoms with Crippen LogP contribution >= 0.6 is 11.8 Å². The quantitative estimate of drug-likeness (QED) is 0.576. The van der Waals surface area contributed by atoms with Gasteiger partial charge >= 0.3 is 5.97 Å². The van der Waals surface area contributed by atoms with Crippen molar-refractivity contribution in [2.45, 2.75) is 65.0 Å². The standard InChI is InChI=1S/C25H33NO5S/c1-14-10-17-21(16(3)25(7-8-25)24(4,31)22(17)28)18(14)13-32-12-15(2)20(27)11-26-9-5-6-19(26)23(29)30/h10,15,19,31H,5-9,11-13H2,1-4H3,(H,29,30)/t15-,19+,24+/m1/s1. The number of hydrogen-bond donors (Lipinski definition) is 2. The third-order valence-corrected chi connectivity index (χ3v) is 9.27. The third kappa shape index (κ3) is 3.62. The van der Waals surface area contributed by atoms with Crippen molar-refractivity contribution in [1.82, 2.24) is 4.90 Å². The number of carbonyl (C=O) groups is 3. The van der Waals surface area contributed by atoms with Crippen LogP contribution < -0.4 is 0 Å². The minimum absolute atomic E-state index is 0.0813. The molecule has 0 aromatic carbocycles. The van der Waals surface area contributed by atoms with Gasteiger partial charge in [0.1, 0.15) is 17.4 Å². The second-order valence-corrected chi connectivity index (χ2v) is 11.1. The molecule has 0 radical (unpaired) electrons. The lowest BCUT2D eigenvalue weighted by Crippen LogP contribution is -2.49. The van der Waals surface area contributed by atoms with Crippen LogP contribution in [0.5, 0.6) is 0 Å². The number of rotatable bonds is 8. The van der Waals surface area contributed by atoms with E-state index in [1.54, 1.807) is 23.6 Å². The van der Waals surface area contributed by atoms with Gasteiger partial charge in [-0.15, -0.1) is 0 Å². The van der Waals surface area contributed by atoms with E-state index in [2.05, 4.69) is 6.92 Å². The number of hydrogen-bond acceptors (Lipinski definition) is 6. The zero-order valence-corrected chi connectivity index (χ0v) is 20.2. The Kier molecular flexibility index (Phi) is 6.06. The molecular formula is C25H33NO5S. The summed E-state index contributed by atoms with van der Waals surface area (Å²) in [6.07, 6.45) is 5.02. The highest BCUT2D eigenvalue weighted by Gasteiger charge is 2.65. The van der Waals surface area contributed by atoms with Gasteiger partial charge in [-0.25, -0.2) is 0 Å². The molecule has 1 aliphatic heterocycles. The van der Waals surface area contributed by atoms with Gasteiger partial charge in [-0.2, -0.15) is 11.8 Å². The summed E-state index contributed by atoms with van der Waals surface area (Å²) in [5.74, 6) is 0.267. The number of nitrogens with zero attached hydrogens (tertiary/aromatic N) is 1. The lowest BCUT2D eigenvalue weighted by Gasteiger charge is -2.39. The first-order chi connectivity index (χ1) is 15.0. The van der Waals surface area contributed by atoms with E-state index >= 15 is 0 Å². The van der Waals surface area contributed by atoms with E-state index in [0.717, 1.165) is 41.6 Å². The summed E-state index contributed by atoms with van der Waals surface area (Å²) in [7, 11) is 0. The molecule has 6 nitrogen and oxygen atoms in total. The molecule has 32 heavy (non-hydrogen) atoms. The summed E-state index contributed by atoms with van der Waals surface area (Å²) in [6.45, 7) is 8.50. The molecule has 0 unspecified atom stereocenters. The normalized spacial score (nSPS) is 30.1. The maximum absolute atomic E-state index is 13.1. The Bertz CT molecular complexity index is 969. The van der Waals surface area contributed by atoms with Gasteiger partial charge in [-0.3, -0.25) is 19.3 Å². The molecule has 2 fully saturated rings. The Morgan fingerprint density at radius 2 is 2.00 bits per heavy atom. The molecule has 174 valence electrons. The average Bonchev–Trinajstić information content (AvgIpc) is 3.32. The number of allylic oxidation sites excluding steroid dienone is 3. The summed E-state index contributed by atoms with van der Waals surface area (Å²) in [4.78, 5) is 38.9. The van der Waals surface area contributed by atoms with Gasteiger partial charge in [-0.05, 0) is 75.8 Å². The minimum Gasteiger partial charge on any atom is -0.480 e. The Hall–Kier alpha value is -1.70. The molecule has 7 heteroatoms. The molecule has 1 spiro atoms. The SMILES string of the molecule is CC1=C(CSC[C@@H](C)C(=O)CN2CCC[C@H]2C(=O)O)C2=C(C)C3(CC3)[C@@](C)(O)C(=O)C2=C1. The number of aliphatic hydroxyl groups is 1. The number of Topliss-reactive ketones (excluding diaryl/α,β-unsaturated/α-hetero) is 2. The molecule has 2 N–H and O–H groups in total. The van der Waals surface area contributed by atoms with E-state index in [9.17, 15) is 24.6 Å². The maximum atomic E-state index is 13.1. The molecule has 0 amide bonds. The highest BCUT2D eigenvalue weighted by Crippen LogP contribution is 2.65.